The number of ether oxygens (including phenoxy) is 2. The van der Waals surface area contributed by atoms with Gasteiger partial charge in [0.1, 0.15) is 29.3 Å². The Kier molecular flexibility index (Phi) is 9.14. The van der Waals surface area contributed by atoms with Gasteiger partial charge in [0, 0.05) is 35.5 Å². The molecule has 1 aromatic carbocycles. The molecule has 4 N–H and O–H groups in total. The molecule has 2 fully saturated rings. The Morgan fingerprint density at radius 1 is 1.10 bits per heavy atom. The van der Waals surface area contributed by atoms with E-state index in [2.05, 4.69) is 21.7 Å². The first-order chi connectivity index (χ1) is 22.8. The van der Waals surface area contributed by atoms with E-state index in [0.29, 0.717) is 32.4 Å². The number of benzene rings is 1. The van der Waals surface area contributed by atoms with Crippen molar-refractivity contribution in [3.05, 3.63) is 47.7 Å². The van der Waals surface area contributed by atoms with Crippen LogP contribution in [0.4, 0.5) is 9.59 Å². The first-order valence-corrected chi connectivity index (χ1v) is 16.9. The molecule has 13 nitrogen and oxygen atoms in total. The van der Waals surface area contributed by atoms with Gasteiger partial charge in [-0.2, -0.15) is 0 Å². The average molecular weight is 664 g/mol. The Balaban J connectivity index is 1.21. The Bertz CT molecular complexity index is 1630. The number of nitrogens with zero attached hydrogens (tertiary/aromatic N) is 2. The smallest absolute Gasteiger partial charge is 0.410 e. The van der Waals surface area contributed by atoms with Gasteiger partial charge in [0.2, 0.25) is 11.8 Å². The van der Waals surface area contributed by atoms with Crippen LogP contribution in [0.15, 0.2) is 36.4 Å². The number of carboxylic acids is 1. The van der Waals surface area contributed by atoms with Crippen molar-refractivity contribution in [2.45, 2.75) is 108 Å². The van der Waals surface area contributed by atoms with Gasteiger partial charge in [-0.05, 0) is 64.5 Å². The number of carbonyl (C=O) groups is 5. The molecule has 3 aliphatic heterocycles. The maximum atomic E-state index is 14.2. The summed E-state index contributed by atoms with van der Waals surface area (Å²) in [6.45, 7) is 5.88. The van der Waals surface area contributed by atoms with Gasteiger partial charge < -0.3 is 40.0 Å². The molecule has 13 heteroatoms. The summed E-state index contributed by atoms with van der Waals surface area (Å²) < 4.78 is 11.4. The van der Waals surface area contributed by atoms with Gasteiger partial charge >= 0.3 is 18.2 Å². The zero-order valence-electron chi connectivity index (χ0n) is 27.8. The number of hydrogen-bond donors (Lipinski definition) is 4. The van der Waals surface area contributed by atoms with E-state index < -0.39 is 59.3 Å². The zero-order chi connectivity index (χ0) is 34.2. The van der Waals surface area contributed by atoms with E-state index >= 15 is 0 Å². The molecule has 0 unspecified atom stereocenters. The van der Waals surface area contributed by atoms with Gasteiger partial charge in [0.15, 0.2) is 0 Å². The van der Waals surface area contributed by atoms with E-state index in [0.717, 1.165) is 35.9 Å². The number of alkyl carbamates (subject to hydrolysis) is 1. The molecule has 4 heterocycles. The number of nitrogens with one attached hydrogen (secondary N) is 3. The fourth-order valence-corrected chi connectivity index (χ4v) is 7.16. The molecule has 1 aliphatic carbocycles. The third-order valence-electron chi connectivity index (χ3n) is 9.72. The predicted octanol–water partition coefficient (Wildman–Crippen LogP) is 4.01. The largest absolute Gasteiger partial charge is 0.479 e. The summed E-state index contributed by atoms with van der Waals surface area (Å²) in [5.41, 5.74) is 0.868. The summed E-state index contributed by atoms with van der Waals surface area (Å²) in [5, 5.41) is 16.7. The van der Waals surface area contributed by atoms with Gasteiger partial charge in [-0.15, -0.1) is 0 Å². The molecule has 0 spiro atoms. The van der Waals surface area contributed by atoms with E-state index in [1.807, 2.05) is 30.4 Å². The quantitative estimate of drug-likeness (QED) is 0.357. The average Bonchev–Trinajstić information content (AvgIpc) is 3.36. The fourth-order valence-electron chi connectivity index (χ4n) is 7.16. The number of allylic oxidation sites excluding steroid dienone is 1. The van der Waals surface area contributed by atoms with Gasteiger partial charge in [0.25, 0.3) is 0 Å². The minimum absolute atomic E-state index is 0.00977. The summed E-state index contributed by atoms with van der Waals surface area (Å²) in [6.07, 6.45) is 5.85. The number of carbonyl (C=O) groups excluding carboxylic acids is 4. The third-order valence-corrected chi connectivity index (χ3v) is 9.72. The number of H-pyrrole nitrogens is 1. The highest BCUT2D eigenvalue weighted by Crippen LogP contribution is 2.45. The molecule has 4 aliphatic rings. The Labute approximate surface area is 279 Å². The molecule has 6 rings (SSSR count). The van der Waals surface area contributed by atoms with Gasteiger partial charge in [0.05, 0.1) is 13.1 Å². The highest BCUT2D eigenvalue weighted by Gasteiger charge is 2.61. The summed E-state index contributed by atoms with van der Waals surface area (Å²) >= 11 is 0. The number of rotatable bonds is 3. The number of hydrogen-bond acceptors (Lipinski definition) is 7. The van der Waals surface area contributed by atoms with Crippen molar-refractivity contribution in [2.24, 2.45) is 5.92 Å². The van der Waals surface area contributed by atoms with Crippen LogP contribution in [0.5, 0.6) is 0 Å². The number of carboxylic acid groups (broad SMARTS) is 1. The van der Waals surface area contributed by atoms with E-state index in [1.165, 1.54) is 10.5 Å². The SMILES string of the molecule is CC(C)(C)OC(=O)N[C@H]1CCCCC/C=C\[C@@H]2C[C@@]2(C(=O)O)NC(=O)[C@@H]2C[C@@H](OC(=O)N3CCc4c([nH]c5ccccc45)C3)CN2C1=O. The molecule has 4 amide bonds. The van der Waals surface area contributed by atoms with E-state index in [-0.39, 0.29) is 25.3 Å². The van der Waals surface area contributed by atoms with Crippen LogP contribution in [0.2, 0.25) is 0 Å². The predicted molar refractivity (Wildman–Crippen MR) is 175 cm³/mol. The lowest BCUT2D eigenvalue weighted by Crippen LogP contribution is -2.56. The third kappa shape index (κ3) is 7.00. The monoisotopic (exact) mass is 663 g/mol. The molecule has 1 saturated carbocycles. The number of fused-ring (bicyclic) bond motifs is 5. The lowest BCUT2D eigenvalue weighted by molar-refractivity contribution is -0.145. The van der Waals surface area contributed by atoms with Crippen LogP contribution in [0, 0.1) is 5.92 Å². The normalized spacial score (nSPS) is 28.6. The van der Waals surface area contributed by atoms with Crippen LogP contribution >= 0.6 is 0 Å². The van der Waals surface area contributed by atoms with Crippen molar-refractivity contribution in [1.29, 1.82) is 0 Å². The number of para-hydroxylation sites is 1. The number of aliphatic carboxylic acids is 1. The van der Waals surface area contributed by atoms with Crippen LogP contribution in [0.25, 0.3) is 10.9 Å². The van der Waals surface area contributed by atoms with Crippen molar-refractivity contribution in [2.75, 3.05) is 13.1 Å². The van der Waals surface area contributed by atoms with Crippen LogP contribution in [0.1, 0.15) is 77.0 Å². The Hall–Kier alpha value is -4.55. The van der Waals surface area contributed by atoms with Crippen LogP contribution in [-0.2, 0) is 36.8 Å². The molecule has 258 valence electrons. The number of aromatic amines is 1. The molecule has 2 aromatic rings. The van der Waals surface area contributed by atoms with Crippen molar-refractivity contribution in [1.82, 2.24) is 25.4 Å². The molecule has 0 radical (unpaired) electrons. The first-order valence-electron chi connectivity index (χ1n) is 16.9. The second kappa shape index (κ2) is 13.2. The standard InChI is InChI=1S/C35H45N5O8/c1-34(2,3)48-32(45)37-26-14-8-6-4-5-7-11-21-18-35(21,31(43)44)38-29(41)28-17-22(19-40(28)30(26)42)47-33(46)39-16-15-24-23-12-9-10-13-25(23)36-27(24)20-39/h7,9-13,21-22,26,28,36H,4-6,8,14-20H2,1-3H3,(H,37,45)(H,38,41)(H,43,44)/b11-7-/t21-,22-,26+,28+,35-/m1/s1. The van der Waals surface area contributed by atoms with Gasteiger partial charge in [-0.3, -0.25) is 9.59 Å². The lowest BCUT2D eigenvalue weighted by atomic mass is 10.0. The summed E-state index contributed by atoms with van der Waals surface area (Å²) in [6, 6.07) is 5.90. The zero-order valence-corrected chi connectivity index (χ0v) is 27.8. The van der Waals surface area contributed by atoms with Crippen LogP contribution in [0.3, 0.4) is 0 Å². The van der Waals surface area contributed by atoms with Crippen molar-refractivity contribution >= 4 is 40.9 Å². The van der Waals surface area contributed by atoms with Crippen molar-refractivity contribution < 1.29 is 38.6 Å². The van der Waals surface area contributed by atoms with E-state index in [1.54, 1.807) is 25.7 Å². The molecule has 0 bridgehead atoms. The second-order valence-electron chi connectivity index (χ2n) is 14.4. The highest BCUT2D eigenvalue weighted by molar-refractivity contribution is 5.96. The minimum atomic E-state index is -1.46. The highest BCUT2D eigenvalue weighted by atomic mass is 16.6. The molecule has 1 aromatic heterocycles. The second-order valence-corrected chi connectivity index (χ2v) is 14.4. The van der Waals surface area contributed by atoms with Crippen molar-refractivity contribution in [3.63, 3.8) is 0 Å². The molecule has 5 atom stereocenters. The van der Waals surface area contributed by atoms with E-state index in [4.69, 9.17) is 9.47 Å². The van der Waals surface area contributed by atoms with Gasteiger partial charge in [-0.1, -0.05) is 43.2 Å². The minimum Gasteiger partial charge on any atom is -0.479 e. The maximum Gasteiger partial charge on any atom is 0.410 e. The number of amides is 4. The maximum absolute atomic E-state index is 14.2. The van der Waals surface area contributed by atoms with E-state index in [9.17, 15) is 29.1 Å². The topological polar surface area (TPSA) is 170 Å². The molecular weight excluding hydrogens is 618 g/mol. The Morgan fingerprint density at radius 2 is 1.90 bits per heavy atom. The fraction of sp³-hybridized carbons (Fsp3) is 0.571. The molecular formula is C35H45N5O8. The van der Waals surface area contributed by atoms with Gasteiger partial charge in [-0.25, -0.2) is 14.4 Å². The summed E-state index contributed by atoms with van der Waals surface area (Å²) in [7, 11) is 0. The summed E-state index contributed by atoms with van der Waals surface area (Å²) in [4.78, 5) is 73.0. The lowest BCUT2D eigenvalue weighted by Gasteiger charge is -2.30. The Morgan fingerprint density at radius 3 is 2.67 bits per heavy atom. The first kappa shape index (κ1) is 33.4. The van der Waals surface area contributed by atoms with Crippen molar-refractivity contribution in [3.8, 4) is 0 Å². The molecule has 48 heavy (non-hydrogen) atoms. The number of aromatic nitrogens is 1. The van der Waals surface area contributed by atoms with Crippen LogP contribution < -0.4 is 10.6 Å². The summed E-state index contributed by atoms with van der Waals surface area (Å²) in [5.74, 6) is -2.64. The molecule has 1 saturated heterocycles. The van der Waals surface area contributed by atoms with Crippen LogP contribution in [-0.4, -0.2) is 92.3 Å².